The molecule has 1 aromatic rings. The van der Waals surface area contributed by atoms with Crippen molar-refractivity contribution in [1.82, 2.24) is 9.97 Å². The molecule has 0 aliphatic rings. The molecular weight excluding hydrogens is 179 g/mol. The van der Waals surface area contributed by atoms with Crippen LogP contribution in [0.4, 0.5) is 0 Å². The van der Waals surface area contributed by atoms with Crippen LogP contribution in [-0.2, 0) is 0 Å². The summed E-state index contributed by atoms with van der Waals surface area (Å²) >= 11 is 14.9. The molecule has 0 spiro atoms. The van der Waals surface area contributed by atoms with Crippen molar-refractivity contribution in [3.8, 4) is 0 Å². The molecule has 2 nitrogen and oxygen atoms in total. The smallest absolute Gasteiger partial charge is 0.147 e. The van der Waals surface area contributed by atoms with Gasteiger partial charge < -0.3 is 0 Å². The fourth-order valence-electron chi connectivity index (χ4n) is 0.338. The number of thiol groups is 1. The number of nitrogens with zero attached hydrogens (tertiary/aromatic N) is 2. The van der Waals surface area contributed by atoms with Crippen molar-refractivity contribution in [3.63, 3.8) is 0 Å². The Hall–Kier alpha value is 0.01000. The molecule has 0 aliphatic carbocycles. The van der Waals surface area contributed by atoms with Gasteiger partial charge in [0.2, 0.25) is 0 Å². The van der Waals surface area contributed by atoms with Gasteiger partial charge in [-0.3, -0.25) is 0 Å². The van der Waals surface area contributed by atoms with Gasteiger partial charge in [0, 0.05) is 0 Å². The van der Waals surface area contributed by atoms with E-state index in [-0.39, 0.29) is 10.3 Å². The van der Waals surface area contributed by atoms with Gasteiger partial charge in [-0.2, -0.15) is 0 Å². The third kappa shape index (κ3) is 1.47. The molecule has 1 rings (SSSR count). The summed E-state index contributed by atoms with van der Waals surface area (Å²) < 4.78 is 0. The van der Waals surface area contributed by atoms with Crippen LogP contribution in [0.3, 0.4) is 0 Å². The van der Waals surface area contributed by atoms with Crippen molar-refractivity contribution in [3.05, 3.63) is 16.6 Å². The van der Waals surface area contributed by atoms with Crippen LogP contribution in [-0.4, -0.2) is 9.97 Å². The molecule has 0 aromatic carbocycles. The maximum atomic E-state index is 5.50. The predicted octanol–water partition coefficient (Wildman–Crippen LogP) is 2.07. The van der Waals surface area contributed by atoms with E-state index in [9.17, 15) is 0 Å². The second kappa shape index (κ2) is 2.73. The molecule has 5 heteroatoms. The van der Waals surface area contributed by atoms with Crippen molar-refractivity contribution >= 4 is 35.8 Å². The average molecular weight is 181 g/mol. The molecule has 1 heterocycles. The number of rotatable bonds is 0. The summed E-state index contributed by atoms with van der Waals surface area (Å²) in [5, 5.41) is 0.552. The van der Waals surface area contributed by atoms with Gasteiger partial charge in [0.1, 0.15) is 16.6 Å². The fourth-order valence-corrected chi connectivity index (χ4v) is 0.768. The third-order valence-corrected chi connectivity index (χ3v) is 1.99. The Labute approximate surface area is 67.6 Å². The molecular formula is C4H2Cl2N2S. The Morgan fingerprint density at radius 3 is 2.00 bits per heavy atom. The molecule has 0 saturated heterocycles. The lowest BCUT2D eigenvalue weighted by molar-refractivity contribution is 1.10. The van der Waals surface area contributed by atoms with Crippen molar-refractivity contribution in [1.29, 1.82) is 0 Å². The standard InChI is InChI=1S/C4H2Cl2N2S/c5-3-2(9)4(6)8-1-7-3/h1,9H. The van der Waals surface area contributed by atoms with E-state index in [4.69, 9.17) is 23.2 Å². The molecule has 0 amide bonds. The lowest BCUT2D eigenvalue weighted by atomic mass is 10.7. The highest BCUT2D eigenvalue weighted by Gasteiger charge is 2.00. The number of halogens is 2. The molecule has 0 aliphatic heterocycles. The van der Waals surface area contributed by atoms with Crippen LogP contribution in [0.25, 0.3) is 0 Å². The highest BCUT2D eigenvalue weighted by Crippen LogP contribution is 2.22. The number of hydrogen-bond donors (Lipinski definition) is 1. The molecule has 0 unspecified atom stereocenters. The van der Waals surface area contributed by atoms with Gasteiger partial charge in [-0.05, 0) is 0 Å². The fraction of sp³-hybridized carbons (Fsp3) is 0. The van der Waals surface area contributed by atoms with Gasteiger partial charge in [-0.1, -0.05) is 23.2 Å². The van der Waals surface area contributed by atoms with E-state index in [1.165, 1.54) is 6.33 Å². The summed E-state index contributed by atoms with van der Waals surface area (Å²) in [4.78, 5) is 7.68. The van der Waals surface area contributed by atoms with Gasteiger partial charge in [0.15, 0.2) is 0 Å². The Bertz CT molecular complexity index is 208. The van der Waals surface area contributed by atoms with Crippen LogP contribution in [0, 0.1) is 0 Å². The molecule has 0 bridgehead atoms. The van der Waals surface area contributed by atoms with Crippen molar-refractivity contribution in [2.24, 2.45) is 0 Å². The van der Waals surface area contributed by atoms with Crippen LogP contribution < -0.4 is 0 Å². The second-order valence-corrected chi connectivity index (χ2v) is 2.47. The molecule has 1 aromatic heterocycles. The molecule has 0 N–H and O–H groups in total. The van der Waals surface area contributed by atoms with E-state index in [0.717, 1.165) is 0 Å². The maximum Gasteiger partial charge on any atom is 0.147 e. The minimum Gasteiger partial charge on any atom is -0.223 e. The van der Waals surface area contributed by atoms with E-state index in [1.807, 2.05) is 0 Å². The van der Waals surface area contributed by atoms with Crippen LogP contribution in [0.2, 0.25) is 10.3 Å². The molecule has 0 saturated carbocycles. The Morgan fingerprint density at radius 1 is 1.22 bits per heavy atom. The van der Waals surface area contributed by atoms with E-state index in [1.54, 1.807) is 0 Å². The normalized spacial score (nSPS) is 9.67. The van der Waals surface area contributed by atoms with Crippen LogP contribution in [0.15, 0.2) is 11.2 Å². The van der Waals surface area contributed by atoms with Crippen molar-refractivity contribution < 1.29 is 0 Å². The average Bonchev–Trinajstić information content (AvgIpc) is 1.83. The Kier molecular flexibility index (Phi) is 2.16. The Balaban J connectivity index is 3.25. The monoisotopic (exact) mass is 180 g/mol. The van der Waals surface area contributed by atoms with Crippen molar-refractivity contribution in [2.45, 2.75) is 4.90 Å². The zero-order chi connectivity index (χ0) is 6.85. The summed E-state index contributed by atoms with van der Waals surface area (Å²) in [5.41, 5.74) is 0. The molecule has 48 valence electrons. The van der Waals surface area contributed by atoms with E-state index in [2.05, 4.69) is 22.6 Å². The molecule has 9 heavy (non-hydrogen) atoms. The summed E-state index contributed by atoms with van der Waals surface area (Å²) in [6.07, 6.45) is 1.28. The molecule has 0 fully saturated rings. The van der Waals surface area contributed by atoms with Gasteiger partial charge in [0.25, 0.3) is 0 Å². The SMILES string of the molecule is Sc1c(Cl)ncnc1Cl. The quantitative estimate of drug-likeness (QED) is 0.489. The maximum absolute atomic E-state index is 5.50. The highest BCUT2D eigenvalue weighted by atomic mass is 35.5. The van der Waals surface area contributed by atoms with E-state index < -0.39 is 0 Å². The lowest BCUT2D eigenvalue weighted by Crippen LogP contribution is -1.81. The van der Waals surface area contributed by atoms with E-state index in [0.29, 0.717) is 4.90 Å². The van der Waals surface area contributed by atoms with Crippen LogP contribution >= 0.6 is 35.8 Å². The van der Waals surface area contributed by atoms with Crippen LogP contribution in [0.1, 0.15) is 0 Å². The van der Waals surface area contributed by atoms with Gasteiger partial charge in [0.05, 0.1) is 4.90 Å². The minimum atomic E-state index is 0.276. The van der Waals surface area contributed by atoms with Crippen LogP contribution in [0.5, 0.6) is 0 Å². The zero-order valence-electron chi connectivity index (χ0n) is 4.17. The summed E-state index contributed by atoms with van der Waals surface area (Å²) in [7, 11) is 0. The number of aromatic nitrogens is 2. The zero-order valence-corrected chi connectivity index (χ0v) is 6.58. The second-order valence-electron chi connectivity index (χ2n) is 1.30. The highest BCUT2D eigenvalue weighted by molar-refractivity contribution is 7.80. The van der Waals surface area contributed by atoms with Gasteiger partial charge in [-0.25, -0.2) is 9.97 Å². The molecule has 0 radical (unpaired) electrons. The first kappa shape index (κ1) is 7.12. The first-order chi connectivity index (χ1) is 4.22. The first-order valence-corrected chi connectivity index (χ1v) is 3.27. The van der Waals surface area contributed by atoms with E-state index >= 15 is 0 Å². The van der Waals surface area contributed by atoms with Gasteiger partial charge >= 0.3 is 0 Å². The summed E-state index contributed by atoms with van der Waals surface area (Å²) in [5.74, 6) is 0. The van der Waals surface area contributed by atoms with Crippen molar-refractivity contribution in [2.75, 3.05) is 0 Å². The minimum absolute atomic E-state index is 0.276. The van der Waals surface area contributed by atoms with Gasteiger partial charge in [-0.15, -0.1) is 12.6 Å². The largest absolute Gasteiger partial charge is 0.223 e. The summed E-state index contributed by atoms with van der Waals surface area (Å²) in [6, 6.07) is 0. The first-order valence-electron chi connectivity index (χ1n) is 2.07. The predicted molar refractivity (Wildman–Crippen MR) is 39.3 cm³/mol. The lowest BCUT2D eigenvalue weighted by Gasteiger charge is -1.93. The summed E-state index contributed by atoms with van der Waals surface area (Å²) in [6.45, 7) is 0. The molecule has 0 atom stereocenters. The number of hydrogen-bond acceptors (Lipinski definition) is 3. The Morgan fingerprint density at radius 2 is 1.67 bits per heavy atom. The topological polar surface area (TPSA) is 25.8 Å². The third-order valence-electron chi connectivity index (χ3n) is 0.733.